The third kappa shape index (κ3) is 4.05. The van der Waals surface area contributed by atoms with E-state index in [0.717, 1.165) is 31.9 Å². The van der Waals surface area contributed by atoms with E-state index < -0.39 is 0 Å². The van der Waals surface area contributed by atoms with Crippen LogP contribution in [0.1, 0.15) is 17.0 Å². The molecule has 0 spiro atoms. The molecule has 2 aromatic carbocycles. The van der Waals surface area contributed by atoms with E-state index in [1.807, 2.05) is 6.07 Å². The van der Waals surface area contributed by atoms with E-state index in [2.05, 4.69) is 60.0 Å². The second kappa shape index (κ2) is 8.13. The number of hydrogen-bond donors (Lipinski definition) is 1. The number of nitrogens with zero attached hydrogens (tertiary/aromatic N) is 1. The van der Waals surface area contributed by atoms with Crippen LogP contribution in [0.3, 0.4) is 0 Å². The van der Waals surface area contributed by atoms with Crippen molar-refractivity contribution in [2.45, 2.75) is 12.5 Å². The fraction of sp³-hybridized carbons (Fsp3) is 0.333. The molecule has 0 amide bonds. The van der Waals surface area contributed by atoms with Gasteiger partial charge in [0.2, 0.25) is 0 Å². The van der Waals surface area contributed by atoms with Gasteiger partial charge in [0.25, 0.3) is 0 Å². The van der Waals surface area contributed by atoms with Gasteiger partial charge in [-0.05, 0) is 35.7 Å². The van der Waals surface area contributed by atoms with Gasteiger partial charge >= 0.3 is 0 Å². The fourth-order valence-electron chi connectivity index (χ4n) is 3.55. The number of rotatable bonds is 7. The van der Waals surface area contributed by atoms with Crippen LogP contribution in [0.4, 0.5) is 0 Å². The summed E-state index contributed by atoms with van der Waals surface area (Å²) in [7, 11) is 0. The van der Waals surface area contributed by atoms with Gasteiger partial charge in [0.05, 0.1) is 0 Å². The van der Waals surface area contributed by atoms with Crippen LogP contribution in [0, 0.1) is 5.92 Å². The van der Waals surface area contributed by atoms with Gasteiger partial charge < -0.3 is 10.5 Å². The zero-order valence-electron chi connectivity index (χ0n) is 14.1. The quantitative estimate of drug-likeness (QED) is 0.794. The Balaban J connectivity index is 1.67. The summed E-state index contributed by atoms with van der Waals surface area (Å²) in [5.41, 5.74) is 8.72. The summed E-state index contributed by atoms with van der Waals surface area (Å²) in [5, 5.41) is 0. The van der Waals surface area contributed by atoms with Crippen molar-refractivity contribution in [3.63, 3.8) is 0 Å². The minimum atomic E-state index is 0.521. The Morgan fingerprint density at radius 1 is 1.12 bits per heavy atom. The Hall–Kier alpha value is -2.10. The largest absolute Gasteiger partial charge is 0.490 e. The van der Waals surface area contributed by atoms with Crippen LogP contribution in [0.2, 0.25) is 0 Å². The molecule has 1 heterocycles. The van der Waals surface area contributed by atoms with Gasteiger partial charge in [-0.1, -0.05) is 55.1 Å². The first-order valence-corrected chi connectivity index (χ1v) is 8.60. The first-order valence-electron chi connectivity index (χ1n) is 8.60. The van der Waals surface area contributed by atoms with Crippen molar-refractivity contribution >= 4 is 0 Å². The Labute approximate surface area is 144 Å². The van der Waals surface area contributed by atoms with Gasteiger partial charge in [0.1, 0.15) is 12.4 Å². The van der Waals surface area contributed by atoms with Crippen molar-refractivity contribution < 1.29 is 4.74 Å². The molecule has 1 aliphatic rings. The molecule has 0 saturated carbocycles. The molecule has 2 N–H and O–H groups in total. The number of nitrogens with two attached hydrogens (primary N) is 1. The summed E-state index contributed by atoms with van der Waals surface area (Å²) >= 11 is 0. The molecule has 3 rings (SSSR count). The standard InChI is InChI=1S/C21H26N2O/c1-2-11-24-20-10-6-7-17(12-20)14-23-15-19(13-22)21(16-23)18-8-4-3-5-9-18/h2-10,12,19,21H,1,11,13-16,22H2/t19-,21+/m1/s1. The predicted octanol–water partition coefficient (Wildman–Crippen LogP) is 3.43. The lowest BCUT2D eigenvalue weighted by atomic mass is 9.89. The van der Waals surface area contributed by atoms with Crippen molar-refractivity contribution in [3.8, 4) is 5.75 Å². The summed E-state index contributed by atoms with van der Waals surface area (Å²) < 4.78 is 5.64. The molecule has 1 aliphatic heterocycles. The maximum atomic E-state index is 6.04. The molecule has 0 radical (unpaired) electrons. The van der Waals surface area contributed by atoms with E-state index in [-0.39, 0.29) is 0 Å². The molecule has 2 aromatic rings. The number of benzene rings is 2. The Bertz CT molecular complexity index is 656. The molecule has 3 nitrogen and oxygen atoms in total. The van der Waals surface area contributed by atoms with Crippen LogP contribution < -0.4 is 10.5 Å². The van der Waals surface area contributed by atoms with Gasteiger partial charge in [0.15, 0.2) is 0 Å². The first kappa shape index (κ1) is 16.7. The lowest BCUT2D eigenvalue weighted by Crippen LogP contribution is -2.23. The smallest absolute Gasteiger partial charge is 0.120 e. The van der Waals surface area contributed by atoms with Crippen LogP contribution in [0.5, 0.6) is 5.75 Å². The van der Waals surface area contributed by atoms with Crippen molar-refractivity contribution in [2.75, 3.05) is 26.2 Å². The van der Waals surface area contributed by atoms with Crippen LogP contribution in [-0.2, 0) is 6.54 Å². The topological polar surface area (TPSA) is 38.5 Å². The third-order valence-corrected chi connectivity index (χ3v) is 4.72. The molecule has 24 heavy (non-hydrogen) atoms. The highest BCUT2D eigenvalue weighted by Gasteiger charge is 2.32. The second-order valence-electron chi connectivity index (χ2n) is 6.45. The van der Waals surface area contributed by atoms with Crippen molar-refractivity contribution in [3.05, 3.63) is 78.4 Å². The second-order valence-corrected chi connectivity index (χ2v) is 6.45. The third-order valence-electron chi connectivity index (χ3n) is 4.72. The predicted molar refractivity (Wildman–Crippen MR) is 99.1 cm³/mol. The summed E-state index contributed by atoms with van der Waals surface area (Å²) in [6.07, 6.45) is 1.77. The Morgan fingerprint density at radius 3 is 2.71 bits per heavy atom. The number of ether oxygens (including phenoxy) is 1. The van der Waals surface area contributed by atoms with Gasteiger partial charge in [0, 0.05) is 25.6 Å². The van der Waals surface area contributed by atoms with Crippen LogP contribution in [-0.4, -0.2) is 31.1 Å². The summed E-state index contributed by atoms with van der Waals surface area (Å²) in [5.74, 6) is 1.95. The van der Waals surface area contributed by atoms with Crippen molar-refractivity contribution in [1.82, 2.24) is 4.90 Å². The molecule has 2 atom stereocenters. The van der Waals surface area contributed by atoms with E-state index in [1.165, 1.54) is 11.1 Å². The molecule has 126 valence electrons. The van der Waals surface area contributed by atoms with E-state index in [1.54, 1.807) is 6.08 Å². The Morgan fingerprint density at radius 2 is 1.96 bits per heavy atom. The number of likely N-dealkylation sites (tertiary alicyclic amines) is 1. The molecule has 0 aliphatic carbocycles. The molecule has 1 fully saturated rings. The maximum absolute atomic E-state index is 6.04. The number of hydrogen-bond acceptors (Lipinski definition) is 3. The molecular formula is C21H26N2O. The molecule has 0 aromatic heterocycles. The zero-order valence-corrected chi connectivity index (χ0v) is 14.1. The monoisotopic (exact) mass is 322 g/mol. The summed E-state index contributed by atoms with van der Waals surface area (Å²) in [4.78, 5) is 2.50. The summed E-state index contributed by atoms with van der Waals surface area (Å²) in [6, 6.07) is 19.1. The minimum Gasteiger partial charge on any atom is -0.490 e. The highest BCUT2D eigenvalue weighted by molar-refractivity contribution is 5.29. The van der Waals surface area contributed by atoms with E-state index in [0.29, 0.717) is 18.4 Å². The van der Waals surface area contributed by atoms with Crippen LogP contribution in [0.15, 0.2) is 67.3 Å². The van der Waals surface area contributed by atoms with Crippen LogP contribution >= 0.6 is 0 Å². The molecular weight excluding hydrogens is 296 g/mol. The van der Waals surface area contributed by atoms with Gasteiger partial charge in [-0.2, -0.15) is 0 Å². The van der Waals surface area contributed by atoms with E-state index in [9.17, 15) is 0 Å². The molecule has 3 heteroatoms. The van der Waals surface area contributed by atoms with Gasteiger partial charge in [-0.25, -0.2) is 0 Å². The zero-order chi connectivity index (χ0) is 16.8. The maximum Gasteiger partial charge on any atom is 0.120 e. The lowest BCUT2D eigenvalue weighted by molar-refractivity contribution is 0.315. The van der Waals surface area contributed by atoms with E-state index in [4.69, 9.17) is 10.5 Å². The average Bonchev–Trinajstić information content (AvgIpc) is 3.04. The summed E-state index contributed by atoms with van der Waals surface area (Å²) in [6.45, 7) is 8.01. The lowest BCUT2D eigenvalue weighted by Gasteiger charge is -2.17. The normalized spacial score (nSPS) is 20.9. The van der Waals surface area contributed by atoms with Crippen LogP contribution in [0.25, 0.3) is 0 Å². The first-order chi connectivity index (χ1) is 11.8. The van der Waals surface area contributed by atoms with Crippen molar-refractivity contribution in [2.24, 2.45) is 11.7 Å². The minimum absolute atomic E-state index is 0.521. The highest BCUT2D eigenvalue weighted by atomic mass is 16.5. The van der Waals surface area contributed by atoms with E-state index >= 15 is 0 Å². The van der Waals surface area contributed by atoms with Gasteiger partial charge in [-0.3, -0.25) is 4.90 Å². The molecule has 0 bridgehead atoms. The molecule has 1 saturated heterocycles. The van der Waals surface area contributed by atoms with Crippen molar-refractivity contribution in [1.29, 1.82) is 0 Å². The highest BCUT2D eigenvalue weighted by Crippen LogP contribution is 2.33. The fourth-order valence-corrected chi connectivity index (χ4v) is 3.55. The average molecular weight is 322 g/mol. The SMILES string of the molecule is C=CCOc1cccc(CN2C[C@@H](CN)[C@H](c3ccccc3)C2)c1. The Kier molecular flexibility index (Phi) is 5.68. The molecule has 0 unspecified atom stereocenters. The van der Waals surface area contributed by atoms with Gasteiger partial charge in [-0.15, -0.1) is 0 Å².